The maximum Gasteiger partial charge on any atom is 0.351 e. The molecule has 0 fully saturated rings. The van der Waals surface area contributed by atoms with Gasteiger partial charge in [0.15, 0.2) is 0 Å². The number of fused-ring (bicyclic) bond motifs is 3. The average Bonchev–Trinajstić information content (AvgIpc) is 2.99. The van der Waals surface area contributed by atoms with Crippen LogP contribution in [0.15, 0.2) is 62.2 Å². The summed E-state index contributed by atoms with van der Waals surface area (Å²) < 4.78 is 23.9. The summed E-state index contributed by atoms with van der Waals surface area (Å²) in [6.07, 6.45) is 0. The Hall–Kier alpha value is -3.41. The molecule has 2 aromatic carbocycles. The standard InChI is InChI=1S/C18H9FO5/c19-11-4-1-9(2-5-11)15-8-12-14(23-15)6-3-10-7-13(17(20)21)18(22)24-16(10)12/h1-8H,(H,20,21). The van der Waals surface area contributed by atoms with Gasteiger partial charge >= 0.3 is 11.6 Å². The van der Waals surface area contributed by atoms with Crippen molar-refractivity contribution in [1.82, 2.24) is 0 Å². The highest BCUT2D eigenvalue weighted by Crippen LogP contribution is 2.32. The van der Waals surface area contributed by atoms with Crippen molar-refractivity contribution in [2.75, 3.05) is 0 Å². The van der Waals surface area contributed by atoms with Crippen molar-refractivity contribution >= 4 is 27.9 Å². The summed E-state index contributed by atoms with van der Waals surface area (Å²) in [5.41, 5.74) is 0.0500. The third-order valence-corrected chi connectivity index (χ3v) is 3.76. The smallest absolute Gasteiger partial charge is 0.351 e. The van der Waals surface area contributed by atoms with E-state index >= 15 is 0 Å². The van der Waals surface area contributed by atoms with Gasteiger partial charge in [-0.25, -0.2) is 14.0 Å². The zero-order chi connectivity index (χ0) is 16.8. The molecule has 6 heteroatoms. The largest absolute Gasteiger partial charge is 0.477 e. The van der Waals surface area contributed by atoms with Crippen LogP contribution in [-0.4, -0.2) is 11.1 Å². The molecule has 0 spiro atoms. The minimum Gasteiger partial charge on any atom is -0.477 e. The maximum atomic E-state index is 13.0. The topological polar surface area (TPSA) is 80.7 Å². The summed E-state index contributed by atoms with van der Waals surface area (Å²) in [5, 5.41) is 10.0. The number of aromatic carboxylic acids is 1. The monoisotopic (exact) mass is 324 g/mol. The first-order valence-corrected chi connectivity index (χ1v) is 7.02. The molecule has 24 heavy (non-hydrogen) atoms. The van der Waals surface area contributed by atoms with Gasteiger partial charge in [-0.05, 0) is 48.5 Å². The molecule has 0 aliphatic carbocycles. The number of carboxylic acid groups (broad SMARTS) is 1. The molecule has 4 rings (SSSR count). The predicted octanol–water partition coefficient (Wildman–Crippen LogP) is 4.04. The van der Waals surface area contributed by atoms with Gasteiger partial charge in [0.1, 0.15) is 28.3 Å². The number of furan rings is 1. The predicted molar refractivity (Wildman–Crippen MR) is 84.6 cm³/mol. The zero-order valence-corrected chi connectivity index (χ0v) is 12.1. The van der Waals surface area contributed by atoms with Crippen LogP contribution in [0.25, 0.3) is 33.3 Å². The van der Waals surface area contributed by atoms with Gasteiger partial charge in [-0.15, -0.1) is 0 Å². The Labute approximate surface area is 133 Å². The van der Waals surface area contributed by atoms with Crippen LogP contribution in [-0.2, 0) is 0 Å². The number of benzene rings is 2. The molecule has 5 nitrogen and oxygen atoms in total. The van der Waals surface area contributed by atoms with Crippen LogP contribution in [0.3, 0.4) is 0 Å². The second-order valence-corrected chi connectivity index (χ2v) is 5.27. The fourth-order valence-electron chi connectivity index (χ4n) is 2.60. The Morgan fingerprint density at radius 2 is 1.75 bits per heavy atom. The molecule has 0 atom stereocenters. The molecule has 0 radical (unpaired) electrons. The van der Waals surface area contributed by atoms with Crippen molar-refractivity contribution < 1.29 is 23.1 Å². The normalized spacial score (nSPS) is 11.2. The summed E-state index contributed by atoms with van der Waals surface area (Å²) in [6, 6.07) is 12.0. The zero-order valence-electron chi connectivity index (χ0n) is 12.1. The molecule has 0 saturated carbocycles. The number of hydrogen-bond donors (Lipinski definition) is 1. The summed E-state index contributed by atoms with van der Waals surface area (Å²) >= 11 is 0. The number of halogens is 1. The second-order valence-electron chi connectivity index (χ2n) is 5.27. The number of carbonyl (C=O) groups is 1. The van der Waals surface area contributed by atoms with Crippen molar-refractivity contribution in [3.05, 3.63) is 70.3 Å². The molecule has 0 aliphatic rings. The number of carboxylic acids is 1. The third kappa shape index (κ3) is 2.16. The van der Waals surface area contributed by atoms with E-state index in [1.54, 1.807) is 30.3 Å². The molecule has 4 aromatic rings. The maximum absolute atomic E-state index is 13.0. The van der Waals surface area contributed by atoms with E-state index in [9.17, 15) is 14.0 Å². The third-order valence-electron chi connectivity index (χ3n) is 3.76. The van der Waals surface area contributed by atoms with Gasteiger partial charge in [0.2, 0.25) is 0 Å². The highest BCUT2D eigenvalue weighted by molar-refractivity contribution is 6.05. The van der Waals surface area contributed by atoms with Gasteiger partial charge in [0, 0.05) is 10.9 Å². The van der Waals surface area contributed by atoms with E-state index in [0.717, 1.165) is 0 Å². The number of hydrogen-bond acceptors (Lipinski definition) is 4. The van der Waals surface area contributed by atoms with Gasteiger partial charge in [0.25, 0.3) is 0 Å². The van der Waals surface area contributed by atoms with Crippen LogP contribution in [0.4, 0.5) is 4.39 Å². The fourth-order valence-corrected chi connectivity index (χ4v) is 2.60. The molecule has 0 aliphatic heterocycles. The van der Waals surface area contributed by atoms with Crippen LogP contribution in [0.2, 0.25) is 0 Å². The Kier molecular flexibility index (Phi) is 2.99. The fraction of sp³-hybridized carbons (Fsp3) is 0. The van der Waals surface area contributed by atoms with E-state index in [-0.39, 0.29) is 11.4 Å². The lowest BCUT2D eigenvalue weighted by atomic mass is 10.1. The molecule has 0 amide bonds. The van der Waals surface area contributed by atoms with E-state index in [4.69, 9.17) is 13.9 Å². The van der Waals surface area contributed by atoms with E-state index < -0.39 is 17.2 Å². The van der Waals surface area contributed by atoms with Crippen LogP contribution >= 0.6 is 0 Å². The Morgan fingerprint density at radius 1 is 1.00 bits per heavy atom. The molecule has 118 valence electrons. The molecule has 2 heterocycles. The van der Waals surface area contributed by atoms with E-state index in [2.05, 4.69) is 0 Å². The lowest BCUT2D eigenvalue weighted by molar-refractivity contribution is 0.0692. The molecule has 0 unspecified atom stereocenters. The van der Waals surface area contributed by atoms with E-state index in [1.165, 1.54) is 18.2 Å². The van der Waals surface area contributed by atoms with E-state index in [1.807, 2.05) is 0 Å². The van der Waals surface area contributed by atoms with Crippen LogP contribution in [0.5, 0.6) is 0 Å². The molecule has 2 aromatic heterocycles. The van der Waals surface area contributed by atoms with Crippen molar-refractivity contribution in [2.24, 2.45) is 0 Å². The Morgan fingerprint density at radius 3 is 2.46 bits per heavy atom. The van der Waals surface area contributed by atoms with Crippen molar-refractivity contribution in [3.63, 3.8) is 0 Å². The van der Waals surface area contributed by atoms with Crippen molar-refractivity contribution in [2.45, 2.75) is 0 Å². The molecule has 0 saturated heterocycles. The molecule has 0 bridgehead atoms. The van der Waals surface area contributed by atoms with Gasteiger partial charge in [-0.2, -0.15) is 0 Å². The quantitative estimate of drug-likeness (QED) is 0.563. The van der Waals surface area contributed by atoms with Gasteiger partial charge in [-0.3, -0.25) is 0 Å². The van der Waals surface area contributed by atoms with Gasteiger partial charge in [-0.1, -0.05) is 0 Å². The highest BCUT2D eigenvalue weighted by Gasteiger charge is 2.16. The lowest BCUT2D eigenvalue weighted by Gasteiger charge is -1.99. The summed E-state index contributed by atoms with van der Waals surface area (Å²) in [6.45, 7) is 0. The molecule has 1 N–H and O–H groups in total. The van der Waals surface area contributed by atoms with Crippen LogP contribution < -0.4 is 5.63 Å². The van der Waals surface area contributed by atoms with Crippen LogP contribution in [0, 0.1) is 5.82 Å². The van der Waals surface area contributed by atoms with Crippen LogP contribution in [0.1, 0.15) is 10.4 Å². The Balaban J connectivity index is 1.98. The SMILES string of the molecule is O=C(O)c1cc2ccc3oc(-c4ccc(F)cc4)cc3c2oc1=O. The lowest BCUT2D eigenvalue weighted by Crippen LogP contribution is -2.12. The minimum atomic E-state index is -1.34. The first-order valence-electron chi connectivity index (χ1n) is 7.02. The highest BCUT2D eigenvalue weighted by atomic mass is 19.1. The average molecular weight is 324 g/mol. The molecular formula is C18H9FO5. The minimum absolute atomic E-state index is 0.250. The first-order chi connectivity index (χ1) is 11.5. The molecular weight excluding hydrogens is 315 g/mol. The van der Waals surface area contributed by atoms with E-state index in [0.29, 0.717) is 27.7 Å². The number of rotatable bonds is 2. The van der Waals surface area contributed by atoms with Crippen molar-refractivity contribution in [1.29, 1.82) is 0 Å². The summed E-state index contributed by atoms with van der Waals surface area (Å²) in [4.78, 5) is 22.8. The van der Waals surface area contributed by atoms with Gasteiger partial charge < -0.3 is 13.9 Å². The first kappa shape index (κ1) is 14.2. The summed E-state index contributed by atoms with van der Waals surface area (Å²) in [7, 11) is 0. The van der Waals surface area contributed by atoms with Crippen molar-refractivity contribution in [3.8, 4) is 11.3 Å². The summed E-state index contributed by atoms with van der Waals surface area (Å²) in [5.74, 6) is -1.21. The second kappa shape index (κ2) is 5.06. The van der Waals surface area contributed by atoms with Gasteiger partial charge in [0.05, 0.1) is 5.39 Å². The Bertz CT molecular complexity index is 1150.